The minimum Gasteiger partial charge on any atom is -0.375 e. The van der Waals surface area contributed by atoms with E-state index in [1.54, 1.807) is 0 Å². The lowest BCUT2D eigenvalue weighted by molar-refractivity contribution is -0.119. The highest BCUT2D eigenvalue weighted by Crippen LogP contribution is 2.19. The van der Waals surface area contributed by atoms with E-state index in [0.29, 0.717) is 36.6 Å². The molecule has 3 atom stereocenters. The maximum atomic E-state index is 11.0. The van der Waals surface area contributed by atoms with E-state index in [-0.39, 0.29) is 5.91 Å². The van der Waals surface area contributed by atoms with Gasteiger partial charge in [-0.3, -0.25) is 9.32 Å². The molecule has 2 rings (SSSR count). The minimum atomic E-state index is -0.721. The van der Waals surface area contributed by atoms with Crippen molar-refractivity contribution in [2.24, 2.45) is 11.8 Å². The third kappa shape index (κ3) is 9.97. The lowest BCUT2D eigenvalue weighted by Gasteiger charge is -2.12. The summed E-state index contributed by atoms with van der Waals surface area (Å²) in [6.07, 6.45) is 8.83. The molecule has 1 fully saturated rings. The highest BCUT2D eigenvalue weighted by atomic mass is 16.6. The fraction of sp³-hybridized carbons (Fsp3) is 0.667. The topological polar surface area (TPSA) is 85.3 Å². The second-order valence-electron chi connectivity index (χ2n) is 7.97. The molecule has 0 spiro atoms. The van der Waals surface area contributed by atoms with Crippen LogP contribution in [-0.4, -0.2) is 17.1 Å². The summed E-state index contributed by atoms with van der Waals surface area (Å²) in [4.78, 5) is 21.5. The molecule has 27 heavy (non-hydrogen) atoms. The van der Waals surface area contributed by atoms with Gasteiger partial charge in [-0.15, -0.1) is 0 Å². The van der Waals surface area contributed by atoms with E-state index in [2.05, 4.69) is 68.7 Å². The maximum absolute atomic E-state index is 11.0. The largest absolute Gasteiger partial charge is 0.542 e. The van der Waals surface area contributed by atoms with Crippen molar-refractivity contribution in [2.75, 3.05) is 0 Å². The molecule has 6 heteroatoms. The van der Waals surface area contributed by atoms with Gasteiger partial charge in [0.2, 0.25) is 11.8 Å². The number of aromatic nitrogens is 1. The van der Waals surface area contributed by atoms with Gasteiger partial charge in [0.1, 0.15) is 0 Å². The molecular weight excluding hydrogens is 344 g/mol. The molecule has 0 saturated carbocycles. The number of rotatable bonds is 7. The van der Waals surface area contributed by atoms with Gasteiger partial charge >= 0.3 is 5.82 Å². The Morgan fingerprint density at radius 1 is 1.22 bits per heavy atom. The number of nitrogens with one attached hydrogen (secondary N) is 1. The average molecular weight is 379 g/mol. The van der Waals surface area contributed by atoms with E-state index in [9.17, 15) is 9.59 Å². The standard InChI is InChI=1S/C11H17NO3.C10H17NO/c1-8(2)5-4-6-9(3)7-10-12-15-11(13)14-10;1-7(2)4-5-9-8(3)6-10(12)11-9/h5,9H,4,6-7H2,1-3H3;4,8-9H,5-6H2,1-3H3,(H,11,12)/t;8-,9?/m.0/s1. The zero-order valence-corrected chi connectivity index (χ0v) is 17.5. The van der Waals surface area contributed by atoms with Gasteiger partial charge in [0.15, 0.2) is 0 Å². The van der Waals surface area contributed by atoms with Crippen molar-refractivity contribution in [1.82, 2.24) is 10.5 Å². The summed E-state index contributed by atoms with van der Waals surface area (Å²) in [5.41, 5.74) is 2.65. The predicted molar refractivity (Wildman–Crippen MR) is 106 cm³/mol. The molecule has 1 aromatic rings. The van der Waals surface area contributed by atoms with Crippen molar-refractivity contribution in [2.45, 2.75) is 79.7 Å². The third-order valence-corrected chi connectivity index (χ3v) is 4.48. The summed E-state index contributed by atoms with van der Waals surface area (Å²) in [5, 5.41) is 6.50. The van der Waals surface area contributed by atoms with Crippen LogP contribution < -0.4 is 11.1 Å². The molecule has 1 N–H and O–H groups in total. The van der Waals surface area contributed by atoms with Crippen LogP contribution in [0.15, 0.2) is 37.0 Å². The number of carbonyl (C=O) groups is 1. The number of hydrogen-bond acceptors (Lipinski definition) is 5. The van der Waals surface area contributed by atoms with Crippen LogP contribution in [0.3, 0.4) is 0 Å². The number of carbonyl (C=O) groups excluding carboxylic acids is 1. The number of hydrogen-bond donors (Lipinski definition) is 1. The maximum Gasteiger partial charge on any atom is 0.542 e. The van der Waals surface area contributed by atoms with Crippen molar-refractivity contribution >= 4 is 5.91 Å². The molecule has 152 valence electrons. The molecular formula is C21H34N2O4. The van der Waals surface area contributed by atoms with Crippen molar-refractivity contribution in [3.63, 3.8) is 0 Å². The quantitative estimate of drug-likeness (QED) is 0.710. The van der Waals surface area contributed by atoms with Gasteiger partial charge in [-0.05, 0) is 63.9 Å². The molecule has 2 unspecified atom stereocenters. The third-order valence-electron chi connectivity index (χ3n) is 4.48. The smallest absolute Gasteiger partial charge is 0.375 e. The first-order valence-corrected chi connectivity index (χ1v) is 9.69. The Labute approximate surface area is 162 Å². The first kappa shape index (κ1) is 22.9. The summed E-state index contributed by atoms with van der Waals surface area (Å²) in [7, 11) is 0. The lowest BCUT2D eigenvalue weighted by atomic mass is 10.00. The van der Waals surface area contributed by atoms with Gasteiger partial charge in [0.05, 0.1) is 0 Å². The first-order chi connectivity index (χ1) is 12.7. The van der Waals surface area contributed by atoms with Crippen molar-refractivity contribution < 1.29 is 13.7 Å². The van der Waals surface area contributed by atoms with Crippen LogP contribution in [0.2, 0.25) is 0 Å². The van der Waals surface area contributed by atoms with Crippen LogP contribution in [0.4, 0.5) is 0 Å². The molecule has 1 aromatic heterocycles. The predicted octanol–water partition coefficient (Wildman–Crippen LogP) is 4.42. The van der Waals surface area contributed by atoms with Crippen LogP contribution in [0.5, 0.6) is 0 Å². The Morgan fingerprint density at radius 3 is 2.37 bits per heavy atom. The summed E-state index contributed by atoms with van der Waals surface area (Å²) >= 11 is 0. The van der Waals surface area contributed by atoms with Crippen molar-refractivity contribution in [3.8, 4) is 0 Å². The van der Waals surface area contributed by atoms with Gasteiger partial charge in [-0.25, -0.2) is 4.79 Å². The Balaban J connectivity index is 0.000000277. The van der Waals surface area contributed by atoms with E-state index in [1.807, 2.05) is 0 Å². The Kier molecular flexibility index (Phi) is 9.83. The number of amides is 1. The monoisotopic (exact) mass is 378 g/mol. The van der Waals surface area contributed by atoms with Crippen LogP contribution in [0, 0.1) is 11.8 Å². The average Bonchev–Trinajstić information content (AvgIpc) is 3.10. The summed E-state index contributed by atoms with van der Waals surface area (Å²) in [6, 6.07) is 0.368. The first-order valence-electron chi connectivity index (χ1n) is 9.69. The Hall–Kier alpha value is -2.11. The molecule has 6 nitrogen and oxygen atoms in total. The second-order valence-corrected chi connectivity index (χ2v) is 7.97. The molecule has 1 amide bonds. The fourth-order valence-corrected chi connectivity index (χ4v) is 2.85. The van der Waals surface area contributed by atoms with E-state index < -0.39 is 5.82 Å². The van der Waals surface area contributed by atoms with E-state index >= 15 is 0 Å². The van der Waals surface area contributed by atoms with E-state index in [4.69, 9.17) is 4.42 Å². The highest BCUT2D eigenvalue weighted by Gasteiger charge is 2.27. The molecule has 0 radical (unpaired) electrons. The minimum absolute atomic E-state index is 0.203. The van der Waals surface area contributed by atoms with Gasteiger partial charge in [0.25, 0.3) is 0 Å². The van der Waals surface area contributed by atoms with E-state index in [0.717, 1.165) is 19.3 Å². The second kappa shape index (κ2) is 11.6. The van der Waals surface area contributed by atoms with Gasteiger partial charge in [0, 0.05) is 18.9 Å². The summed E-state index contributed by atoms with van der Waals surface area (Å²) < 4.78 is 9.06. The fourth-order valence-electron chi connectivity index (χ4n) is 2.85. The zero-order chi connectivity index (χ0) is 20.4. The van der Waals surface area contributed by atoms with Crippen LogP contribution >= 0.6 is 0 Å². The lowest BCUT2D eigenvalue weighted by Crippen LogP contribution is -2.27. The molecule has 1 saturated heterocycles. The molecule has 0 bridgehead atoms. The SMILES string of the molecule is CC(C)=CCC1NC(=O)C[C@@H]1C.CC(C)=CCCC(C)Cc1noc(=O)o1. The van der Waals surface area contributed by atoms with Crippen molar-refractivity contribution in [1.29, 1.82) is 0 Å². The van der Waals surface area contributed by atoms with Crippen LogP contribution in [-0.2, 0) is 11.2 Å². The molecule has 1 aliphatic heterocycles. The number of allylic oxidation sites excluding steroid dienone is 3. The highest BCUT2D eigenvalue weighted by molar-refractivity contribution is 5.78. The van der Waals surface area contributed by atoms with Gasteiger partial charge < -0.3 is 9.73 Å². The van der Waals surface area contributed by atoms with Gasteiger partial charge in [-0.2, -0.15) is 0 Å². The van der Waals surface area contributed by atoms with Crippen LogP contribution in [0.1, 0.15) is 73.1 Å². The Bertz CT molecular complexity index is 691. The Morgan fingerprint density at radius 2 is 1.89 bits per heavy atom. The van der Waals surface area contributed by atoms with E-state index in [1.165, 1.54) is 11.1 Å². The van der Waals surface area contributed by atoms with Gasteiger partial charge in [-0.1, -0.05) is 37.1 Å². The summed E-state index contributed by atoms with van der Waals surface area (Å²) in [5.74, 6) is 0.808. The number of nitrogens with zero attached hydrogens (tertiary/aromatic N) is 1. The summed E-state index contributed by atoms with van der Waals surface area (Å²) in [6.45, 7) is 12.6. The molecule has 1 aliphatic rings. The van der Waals surface area contributed by atoms with Crippen molar-refractivity contribution in [3.05, 3.63) is 39.8 Å². The van der Waals surface area contributed by atoms with Crippen LogP contribution in [0.25, 0.3) is 0 Å². The zero-order valence-electron chi connectivity index (χ0n) is 17.5. The molecule has 2 heterocycles. The normalized spacial score (nSPS) is 19.6. The molecule has 0 aromatic carbocycles. The molecule has 0 aliphatic carbocycles.